The number of hydrogen-bond donors (Lipinski definition) is 6. The van der Waals surface area contributed by atoms with Gasteiger partial charge in [-0.05, 0) is 25.2 Å². The number of hydrogen-bond acceptors (Lipinski definition) is 6. The summed E-state index contributed by atoms with van der Waals surface area (Å²) in [5.41, 5.74) is 4.96. The molecule has 0 spiro atoms. The van der Waals surface area contributed by atoms with Crippen LogP contribution in [0.25, 0.3) is 0 Å². The lowest BCUT2D eigenvalue weighted by Gasteiger charge is -2.32. The van der Waals surface area contributed by atoms with Crippen LogP contribution in [0.3, 0.4) is 0 Å². The van der Waals surface area contributed by atoms with E-state index >= 15 is 0 Å². The number of carboxylic acid groups (broad SMARTS) is 2. The molecule has 0 aromatic carbocycles. The molecule has 13 nitrogen and oxygen atoms in total. The maximum Gasteiger partial charge on any atom is 0.326 e. The van der Waals surface area contributed by atoms with Crippen molar-refractivity contribution in [2.24, 2.45) is 11.7 Å². The Morgan fingerprint density at radius 3 is 2.03 bits per heavy atom. The van der Waals surface area contributed by atoms with Crippen molar-refractivity contribution in [2.45, 2.75) is 64.6 Å². The third-order valence-corrected chi connectivity index (χ3v) is 4.63. The summed E-state index contributed by atoms with van der Waals surface area (Å²) in [5, 5.41) is 25.6. The van der Waals surface area contributed by atoms with Gasteiger partial charge in [-0.3, -0.25) is 19.2 Å². The fraction of sp³-hybridized carbons (Fsp3) is 0.684. The summed E-state index contributed by atoms with van der Waals surface area (Å²) in [5.74, 6) is -4.80. The SMILES string of the molecule is CC(=O)N[C@@H](CCC(=O)O)C(=O)N[C@H](C(=O)N(C)[C@@H](CCCNC(N)=O)C(=O)O)C(C)C. The molecule has 13 heteroatoms. The molecule has 0 saturated carbocycles. The first-order valence-electron chi connectivity index (χ1n) is 10.1. The van der Waals surface area contributed by atoms with Gasteiger partial charge in [0, 0.05) is 26.9 Å². The van der Waals surface area contributed by atoms with E-state index in [0.717, 1.165) is 4.90 Å². The molecule has 0 rings (SSSR count). The van der Waals surface area contributed by atoms with E-state index in [1.54, 1.807) is 13.8 Å². The second-order valence-electron chi connectivity index (χ2n) is 7.65. The van der Waals surface area contributed by atoms with Gasteiger partial charge in [-0.25, -0.2) is 9.59 Å². The quantitative estimate of drug-likeness (QED) is 0.174. The van der Waals surface area contributed by atoms with Crippen molar-refractivity contribution < 1.29 is 39.0 Å². The highest BCUT2D eigenvalue weighted by atomic mass is 16.4. The molecule has 7 N–H and O–H groups in total. The molecule has 0 bridgehead atoms. The van der Waals surface area contributed by atoms with Gasteiger partial charge in [0.25, 0.3) is 0 Å². The summed E-state index contributed by atoms with van der Waals surface area (Å²) in [6.07, 6.45) is -0.279. The smallest absolute Gasteiger partial charge is 0.326 e. The van der Waals surface area contributed by atoms with Crippen LogP contribution in [0, 0.1) is 5.92 Å². The molecule has 3 atom stereocenters. The van der Waals surface area contributed by atoms with E-state index in [0.29, 0.717) is 0 Å². The number of carbonyl (C=O) groups excluding carboxylic acids is 4. The first kappa shape index (κ1) is 28.6. The maximum absolute atomic E-state index is 13.0. The highest BCUT2D eigenvalue weighted by Gasteiger charge is 2.34. The van der Waals surface area contributed by atoms with Crippen molar-refractivity contribution in [3.63, 3.8) is 0 Å². The highest BCUT2D eigenvalue weighted by Crippen LogP contribution is 2.13. The average Bonchev–Trinajstić information content (AvgIpc) is 2.66. The first-order valence-corrected chi connectivity index (χ1v) is 10.1. The van der Waals surface area contributed by atoms with Crippen LogP contribution in [0.15, 0.2) is 0 Å². The van der Waals surface area contributed by atoms with Gasteiger partial charge in [0.15, 0.2) is 0 Å². The lowest BCUT2D eigenvalue weighted by molar-refractivity contribution is -0.151. The molecule has 0 aliphatic carbocycles. The predicted molar refractivity (Wildman–Crippen MR) is 112 cm³/mol. The van der Waals surface area contributed by atoms with Crippen LogP contribution in [-0.4, -0.2) is 82.5 Å². The number of carbonyl (C=O) groups is 6. The molecular formula is C19H33N5O8. The van der Waals surface area contributed by atoms with Gasteiger partial charge in [-0.15, -0.1) is 0 Å². The van der Waals surface area contributed by atoms with Crippen LogP contribution < -0.4 is 21.7 Å². The van der Waals surface area contributed by atoms with Crippen LogP contribution in [0.4, 0.5) is 4.79 Å². The Morgan fingerprint density at radius 1 is 1.00 bits per heavy atom. The number of nitrogens with zero attached hydrogens (tertiary/aromatic N) is 1. The maximum atomic E-state index is 13.0. The number of urea groups is 1. The molecule has 0 unspecified atom stereocenters. The van der Waals surface area contributed by atoms with E-state index in [-0.39, 0.29) is 32.2 Å². The van der Waals surface area contributed by atoms with E-state index in [9.17, 15) is 33.9 Å². The van der Waals surface area contributed by atoms with Gasteiger partial charge in [-0.1, -0.05) is 13.8 Å². The number of primary amides is 1. The summed E-state index contributed by atoms with van der Waals surface area (Å²) in [4.78, 5) is 71.3. The van der Waals surface area contributed by atoms with Gasteiger partial charge >= 0.3 is 18.0 Å². The summed E-state index contributed by atoms with van der Waals surface area (Å²) < 4.78 is 0. The number of amides is 5. The largest absolute Gasteiger partial charge is 0.481 e. The van der Waals surface area contributed by atoms with Crippen molar-refractivity contribution >= 4 is 35.7 Å². The minimum Gasteiger partial charge on any atom is -0.481 e. The fourth-order valence-corrected chi connectivity index (χ4v) is 2.91. The fourth-order valence-electron chi connectivity index (χ4n) is 2.91. The van der Waals surface area contributed by atoms with Crippen molar-refractivity contribution in [3.05, 3.63) is 0 Å². The second-order valence-corrected chi connectivity index (χ2v) is 7.65. The molecule has 0 radical (unpaired) electrons. The van der Waals surface area contributed by atoms with Gasteiger partial charge in [0.05, 0.1) is 0 Å². The van der Waals surface area contributed by atoms with Crippen molar-refractivity contribution in [2.75, 3.05) is 13.6 Å². The molecule has 5 amide bonds. The monoisotopic (exact) mass is 459 g/mol. The van der Waals surface area contributed by atoms with E-state index in [1.165, 1.54) is 14.0 Å². The van der Waals surface area contributed by atoms with Crippen molar-refractivity contribution in [1.82, 2.24) is 20.9 Å². The number of carboxylic acids is 2. The second kappa shape index (κ2) is 13.8. The van der Waals surface area contributed by atoms with Gasteiger partial charge in [0.1, 0.15) is 18.1 Å². The number of likely N-dealkylation sites (N-methyl/N-ethyl adjacent to an activating group) is 1. The van der Waals surface area contributed by atoms with Gasteiger partial charge < -0.3 is 36.8 Å². The van der Waals surface area contributed by atoms with Crippen LogP contribution >= 0.6 is 0 Å². The Balaban J connectivity index is 5.37. The Bertz CT molecular complexity index is 712. The average molecular weight is 460 g/mol. The first-order chi connectivity index (χ1) is 14.8. The highest BCUT2D eigenvalue weighted by molar-refractivity contribution is 5.93. The lowest BCUT2D eigenvalue weighted by atomic mass is 10.00. The third-order valence-electron chi connectivity index (χ3n) is 4.63. The standard InChI is InChI=1S/C19H33N5O8/c1-10(2)15(23-16(28)12(22-11(3)25)7-8-14(26)27)17(29)24(4)13(18(30)31)6-5-9-21-19(20)32/h10,12-13,15H,5-9H2,1-4H3,(H,22,25)(H,23,28)(H,26,27)(H,30,31)(H3,20,21,32)/t12-,13-,15-/m0/s1. The van der Waals surface area contributed by atoms with Crippen LogP contribution in [0.5, 0.6) is 0 Å². The molecule has 0 aliphatic rings. The molecule has 182 valence electrons. The summed E-state index contributed by atoms with van der Waals surface area (Å²) in [7, 11) is 1.29. The predicted octanol–water partition coefficient (Wildman–Crippen LogP) is -1.14. The van der Waals surface area contributed by atoms with Crippen molar-refractivity contribution in [1.29, 1.82) is 0 Å². The third kappa shape index (κ3) is 10.6. The minimum atomic E-state index is -1.26. The summed E-state index contributed by atoms with van der Waals surface area (Å²) in [6.45, 7) is 4.60. The number of aliphatic carboxylic acids is 2. The minimum absolute atomic E-state index is 0.0315. The van der Waals surface area contributed by atoms with E-state index in [1.807, 2.05) is 0 Å². The van der Waals surface area contributed by atoms with Crippen LogP contribution in [0.1, 0.15) is 46.5 Å². The van der Waals surface area contributed by atoms with Gasteiger partial charge in [0.2, 0.25) is 17.7 Å². The molecule has 32 heavy (non-hydrogen) atoms. The van der Waals surface area contributed by atoms with Crippen LogP contribution in [-0.2, 0) is 24.0 Å². The molecule has 0 heterocycles. The topological polar surface area (TPSA) is 208 Å². The molecule has 0 fully saturated rings. The molecule has 0 aromatic heterocycles. The zero-order valence-electron chi connectivity index (χ0n) is 18.7. The summed E-state index contributed by atoms with van der Waals surface area (Å²) >= 11 is 0. The van der Waals surface area contributed by atoms with Crippen LogP contribution in [0.2, 0.25) is 0 Å². The van der Waals surface area contributed by atoms with Gasteiger partial charge in [-0.2, -0.15) is 0 Å². The Kier molecular flexibility index (Phi) is 12.4. The lowest BCUT2D eigenvalue weighted by Crippen LogP contribution is -2.57. The zero-order chi connectivity index (χ0) is 25.0. The van der Waals surface area contributed by atoms with E-state index in [2.05, 4.69) is 16.0 Å². The number of rotatable bonds is 14. The van der Waals surface area contributed by atoms with E-state index in [4.69, 9.17) is 10.8 Å². The molecular weight excluding hydrogens is 426 g/mol. The molecule has 0 aromatic rings. The number of nitrogens with one attached hydrogen (secondary N) is 3. The Hall–Kier alpha value is -3.38. The number of nitrogens with two attached hydrogens (primary N) is 1. The Morgan fingerprint density at radius 2 is 1.59 bits per heavy atom. The Labute approximate surface area is 186 Å². The normalized spacial score (nSPS) is 13.4. The zero-order valence-corrected chi connectivity index (χ0v) is 18.7. The molecule has 0 aliphatic heterocycles. The van der Waals surface area contributed by atoms with E-state index < -0.39 is 59.7 Å². The molecule has 0 saturated heterocycles. The summed E-state index contributed by atoms with van der Waals surface area (Å²) in [6, 6.07) is -4.24. The van der Waals surface area contributed by atoms with Crippen molar-refractivity contribution in [3.8, 4) is 0 Å².